The SMILES string of the molecule is C=CC/C(C)=C/c1ccc2c(c1)OCO2. The summed E-state index contributed by atoms with van der Waals surface area (Å²) in [6.07, 6.45) is 4.94. The maximum absolute atomic E-state index is 5.31. The summed E-state index contributed by atoms with van der Waals surface area (Å²) < 4.78 is 10.6. The summed E-state index contributed by atoms with van der Waals surface area (Å²) in [6, 6.07) is 5.96. The van der Waals surface area contributed by atoms with Crippen LogP contribution in [0.4, 0.5) is 0 Å². The Morgan fingerprint density at radius 3 is 3.00 bits per heavy atom. The van der Waals surface area contributed by atoms with E-state index < -0.39 is 0 Å². The molecule has 1 aromatic rings. The molecule has 0 amide bonds. The lowest BCUT2D eigenvalue weighted by atomic mass is 10.1. The molecule has 2 nitrogen and oxygen atoms in total. The van der Waals surface area contributed by atoms with Gasteiger partial charge in [0.15, 0.2) is 11.5 Å². The molecule has 2 rings (SSSR count). The van der Waals surface area contributed by atoms with Gasteiger partial charge in [-0.3, -0.25) is 0 Å². The molecule has 78 valence electrons. The van der Waals surface area contributed by atoms with Crippen LogP contribution in [0.2, 0.25) is 0 Å². The lowest BCUT2D eigenvalue weighted by Crippen LogP contribution is -1.92. The molecule has 0 aromatic heterocycles. The van der Waals surface area contributed by atoms with Crippen LogP contribution in [0.25, 0.3) is 6.08 Å². The molecule has 0 saturated heterocycles. The Morgan fingerprint density at radius 2 is 2.20 bits per heavy atom. The highest BCUT2D eigenvalue weighted by molar-refractivity contribution is 5.58. The summed E-state index contributed by atoms with van der Waals surface area (Å²) in [7, 11) is 0. The molecular weight excluding hydrogens is 188 g/mol. The number of hydrogen-bond donors (Lipinski definition) is 0. The minimum Gasteiger partial charge on any atom is -0.454 e. The Balaban J connectivity index is 2.23. The standard InChI is InChI=1S/C13H14O2/c1-3-4-10(2)7-11-5-6-12-13(8-11)15-9-14-12/h3,5-8H,1,4,9H2,2H3/b10-7+. The molecule has 0 atom stereocenters. The van der Waals surface area contributed by atoms with E-state index in [-0.39, 0.29) is 0 Å². The van der Waals surface area contributed by atoms with Crippen molar-refractivity contribution >= 4 is 6.08 Å². The van der Waals surface area contributed by atoms with Crippen LogP contribution in [0.3, 0.4) is 0 Å². The van der Waals surface area contributed by atoms with Crippen LogP contribution in [-0.2, 0) is 0 Å². The topological polar surface area (TPSA) is 18.5 Å². The van der Waals surface area contributed by atoms with Crippen molar-refractivity contribution in [3.05, 3.63) is 42.0 Å². The fourth-order valence-electron chi connectivity index (χ4n) is 1.57. The zero-order valence-corrected chi connectivity index (χ0v) is 8.82. The lowest BCUT2D eigenvalue weighted by molar-refractivity contribution is 0.174. The zero-order chi connectivity index (χ0) is 10.7. The number of hydrogen-bond acceptors (Lipinski definition) is 2. The Kier molecular flexibility index (Phi) is 2.77. The molecule has 0 saturated carbocycles. The number of fused-ring (bicyclic) bond motifs is 1. The van der Waals surface area contributed by atoms with Gasteiger partial charge in [-0.2, -0.15) is 0 Å². The molecule has 0 N–H and O–H groups in total. The number of ether oxygens (including phenoxy) is 2. The Bertz CT molecular complexity index is 405. The number of allylic oxidation sites excluding steroid dienone is 2. The molecule has 1 aromatic carbocycles. The van der Waals surface area contributed by atoms with E-state index in [1.807, 2.05) is 24.3 Å². The van der Waals surface area contributed by atoms with Crippen LogP contribution in [-0.4, -0.2) is 6.79 Å². The van der Waals surface area contributed by atoms with Gasteiger partial charge in [0.25, 0.3) is 0 Å². The van der Waals surface area contributed by atoms with E-state index in [2.05, 4.69) is 19.6 Å². The minimum atomic E-state index is 0.328. The molecule has 0 aliphatic carbocycles. The van der Waals surface area contributed by atoms with Crippen LogP contribution in [0.15, 0.2) is 36.4 Å². The number of rotatable bonds is 3. The monoisotopic (exact) mass is 202 g/mol. The highest BCUT2D eigenvalue weighted by atomic mass is 16.7. The molecule has 1 aliphatic heterocycles. The van der Waals surface area contributed by atoms with Crippen LogP contribution in [0.1, 0.15) is 18.9 Å². The van der Waals surface area contributed by atoms with Gasteiger partial charge >= 0.3 is 0 Å². The summed E-state index contributed by atoms with van der Waals surface area (Å²) in [5.74, 6) is 1.66. The van der Waals surface area contributed by atoms with E-state index in [4.69, 9.17) is 9.47 Å². The van der Waals surface area contributed by atoms with Crippen molar-refractivity contribution in [2.45, 2.75) is 13.3 Å². The predicted octanol–water partition coefficient (Wildman–Crippen LogP) is 3.39. The molecule has 0 radical (unpaired) electrons. The van der Waals surface area contributed by atoms with Gasteiger partial charge in [-0.15, -0.1) is 6.58 Å². The summed E-state index contributed by atoms with van der Waals surface area (Å²) in [4.78, 5) is 0. The maximum Gasteiger partial charge on any atom is 0.231 e. The van der Waals surface area contributed by atoms with E-state index in [1.54, 1.807) is 0 Å². The van der Waals surface area contributed by atoms with Crippen molar-refractivity contribution in [1.29, 1.82) is 0 Å². The predicted molar refractivity (Wildman–Crippen MR) is 61.0 cm³/mol. The van der Waals surface area contributed by atoms with Crippen molar-refractivity contribution < 1.29 is 9.47 Å². The Morgan fingerprint density at radius 1 is 1.40 bits per heavy atom. The second kappa shape index (κ2) is 4.22. The van der Waals surface area contributed by atoms with E-state index in [0.29, 0.717) is 6.79 Å². The molecule has 2 heteroatoms. The molecule has 0 bridgehead atoms. The van der Waals surface area contributed by atoms with E-state index >= 15 is 0 Å². The van der Waals surface area contributed by atoms with Gasteiger partial charge in [0.2, 0.25) is 6.79 Å². The third-order valence-corrected chi connectivity index (χ3v) is 2.28. The minimum absolute atomic E-state index is 0.328. The van der Waals surface area contributed by atoms with E-state index in [9.17, 15) is 0 Å². The first kappa shape index (κ1) is 9.84. The van der Waals surface area contributed by atoms with Gasteiger partial charge in [0.1, 0.15) is 0 Å². The average Bonchev–Trinajstić information content (AvgIpc) is 2.65. The van der Waals surface area contributed by atoms with E-state index in [1.165, 1.54) is 5.57 Å². The first-order chi connectivity index (χ1) is 7.29. The van der Waals surface area contributed by atoms with Crippen molar-refractivity contribution in [3.8, 4) is 11.5 Å². The van der Waals surface area contributed by atoms with Crippen LogP contribution < -0.4 is 9.47 Å². The normalized spacial score (nSPS) is 14.1. The molecule has 0 fully saturated rings. The lowest BCUT2D eigenvalue weighted by Gasteiger charge is -1.99. The van der Waals surface area contributed by atoms with Crippen molar-refractivity contribution in [2.75, 3.05) is 6.79 Å². The van der Waals surface area contributed by atoms with Crippen molar-refractivity contribution in [1.82, 2.24) is 0 Å². The summed E-state index contributed by atoms with van der Waals surface area (Å²) in [6.45, 7) is 6.13. The van der Waals surface area contributed by atoms with Gasteiger partial charge in [-0.05, 0) is 31.0 Å². The zero-order valence-electron chi connectivity index (χ0n) is 8.82. The summed E-state index contributed by atoms with van der Waals surface area (Å²) in [5, 5.41) is 0. The highest BCUT2D eigenvalue weighted by Gasteiger charge is 2.12. The van der Waals surface area contributed by atoms with Crippen molar-refractivity contribution in [3.63, 3.8) is 0 Å². The summed E-state index contributed by atoms with van der Waals surface area (Å²) in [5.41, 5.74) is 2.42. The fourth-order valence-corrected chi connectivity index (χ4v) is 1.57. The van der Waals surface area contributed by atoms with Gasteiger partial charge in [0.05, 0.1) is 0 Å². The highest BCUT2D eigenvalue weighted by Crippen LogP contribution is 2.33. The Labute approximate surface area is 89.8 Å². The first-order valence-electron chi connectivity index (χ1n) is 4.97. The molecule has 15 heavy (non-hydrogen) atoms. The second-order valence-corrected chi connectivity index (χ2v) is 3.60. The third-order valence-electron chi connectivity index (χ3n) is 2.28. The van der Waals surface area contributed by atoms with Crippen LogP contribution in [0, 0.1) is 0 Å². The average molecular weight is 202 g/mol. The van der Waals surface area contributed by atoms with E-state index in [0.717, 1.165) is 23.5 Å². The molecule has 0 unspecified atom stereocenters. The molecule has 1 aliphatic rings. The second-order valence-electron chi connectivity index (χ2n) is 3.60. The third kappa shape index (κ3) is 2.21. The largest absolute Gasteiger partial charge is 0.454 e. The van der Waals surface area contributed by atoms with Crippen LogP contribution in [0.5, 0.6) is 11.5 Å². The fraction of sp³-hybridized carbons (Fsp3) is 0.231. The van der Waals surface area contributed by atoms with Crippen molar-refractivity contribution in [2.24, 2.45) is 0 Å². The Hall–Kier alpha value is -1.70. The van der Waals surface area contributed by atoms with Gasteiger partial charge in [-0.1, -0.05) is 23.8 Å². The smallest absolute Gasteiger partial charge is 0.231 e. The molecular formula is C13H14O2. The van der Waals surface area contributed by atoms with Gasteiger partial charge < -0.3 is 9.47 Å². The molecule has 0 spiro atoms. The van der Waals surface area contributed by atoms with Gasteiger partial charge in [0, 0.05) is 0 Å². The first-order valence-corrected chi connectivity index (χ1v) is 4.97. The molecule has 1 heterocycles. The van der Waals surface area contributed by atoms with Gasteiger partial charge in [-0.25, -0.2) is 0 Å². The number of benzene rings is 1. The summed E-state index contributed by atoms with van der Waals surface area (Å²) >= 11 is 0. The quantitative estimate of drug-likeness (QED) is 0.699. The van der Waals surface area contributed by atoms with Crippen LogP contribution >= 0.6 is 0 Å². The maximum atomic E-state index is 5.31.